The van der Waals surface area contributed by atoms with Crippen molar-refractivity contribution < 1.29 is 10.0 Å². The van der Waals surface area contributed by atoms with Gasteiger partial charge in [0.1, 0.15) is 0 Å². The van der Waals surface area contributed by atoms with Crippen LogP contribution in [0.1, 0.15) is 48.9 Å². The highest BCUT2D eigenvalue weighted by atomic mass is 16.4. The van der Waals surface area contributed by atoms with Crippen LogP contribution in [0.2, 0.25) is 0 Å². The van der Waals surface area contributed by atoms with Crippen LogP contribution in [0.15, 0.2) is 18.7 Å². The molecule has 0 bridgehead atoms. The van der Waals surface area contributed by atoms with Gasteiger partial charge in [-0.1, -0.05) is 51.1 Å². The molecule has 1 rings (SSSR count). The van der Waals surface area contributed by atoms with Gasteiger partial charge >= 0.3 is 7.12 Å². The van der Waals surface area contributed by atoms with Gasteiger partial charge in [-0.25, -0.2) is 0 Å². The Hall–Kier alpha value is -1.32. The molecule has 0 heterocycles. The molecule has 2 nitrogen and oxygen atoms in total. The number of allylic oxidation sites excluding steroid dienone is 1. The van der Waals surface area contributed by atoms with Crippen LogP contribution in [-0.4, -0.2) is 17.2 Å². The maximum atomic E-state index is 9.56. The number of rotatable bonds is 6. The van der Waals surface area contributed by atoms with E-state index in [0.717, 1.165) is 36.0 Å². The van der Waals surface area contributed by atoms with E-state index in [1.54, 1.807) is 6.08 Å². The Morgan fingerprint density at radius 1 is 1.32 bits per heavy atom. The highest BCUT2D eigenvalue weighted by Crippen LogP contribution is 2.21. The van der Waals surface area contributed by atoms with E-state index in [9.17, 15) is 10.0 Å². The van der Waals surface area contributed by atoms with Gasteiger partial charge in [0.15, 0.2) is 0 Å². The second-order valence-electron chi connectivity index (χ2n) is 4.71. The lowest BCUT2D eigenvalue weighted by Crippen LogP contribution is -2.33. The minimum absolute atomic E-state index is 0.553. The van der Waals surface area contributed by atoms with Gasteiger partial charge in [-0.05, 0) is 47.5 Å². The summed E-state index contributed by atoms with van der Waals surface area (Å²) < 4.78 is 0. The SMILES string of the molecule is C=Cc1cc(B(O)O)c(/C=C\CC)c(C)c1CCC. The Balaban J connectivity index is 3.52. The summed E-state index contributed by atoms with van der Waals surface area (Å²) in [5.41, 5.74) is 4.84. The van der Waals surface area contributed by atoms with E-state index >= 15 is 0 Å². The molecule has 3 heteroatoms. The van der Waals surface area contributed by atoms with Crippen molar-refractivity contribution >= 4 is 24.7 Å². The number of hydrogen-bond donors (Lipinski definition) is 2. The third kappa shape index (κ3) is 3.58. The molecule has 1 aromatic carbocycles. The van der Waals surface area contributed by atoms with Gasteiger partial charge in [-0.2, -0.15) is 0 Å². The van der Waals surface area contributed by atoms with Crippen LogP contribution in [0.4, 0.5) is 0 Å². The summed E-state index contributed by atoms with van der Waals surface area (Å²) >= 11 is 0. The first-order chi connectivity index (χ1) is 9.06. The van der Waals surface area contributed by atoms with Crippen LogP contribution in [0.25, 0.3) is 12.2 Å². The molecule has 1 aromatic rings. The quantitative estimate of drug-likeness (QED) is 0.770. The summed E-state index contributed by atoms with van der Waals surface area (Å²) in [7, 11) is -1.45. The minimum atomic E-state index is -1.45. The highest BCUT2D eigenvalue weighted by Gasteiger charge is 2.19. The summed E-state index contributed by atoms with van der Waals surface area (Å²) in [6, 6.07) is 1.84. The number of benzene rings is 1. The predicted molar refractivity (Wildman–Crippen MR) is 84.4 cm³/mol. The van der Waals surface area contributed by atoms with Gasteiger partial charge in [0.05, 0.1) is 0 Å². The Kier molecular flexibility index (Phi) is 6.06. The van der Waals surface area contributed by atoms with Crippen molar-refractivity contribution in [3.05, 3.63) is 41.0 Å². The standard InChI is InChI=1S/C16H23BO2/c1-5-8-10-15-12(4)14(9-6-2)13(7-3)11-16(15)17(18)19/h7-8,10-11,18-19H,3,5-6,9H2,1-2,4H3/b10-8-. The molecule has 0 aliphatic heterocycles. The first kappa shape index (κ1) is 15.7. The molecule has 2 N–H and O–H groups in total. The fraction of sp³-hybridized carbons (Fsp3) is 0.375. The van der Waals surface area contributed by atoms with E-state index in [1.807, 2.05) is 25.1 Å². The second-order valence-corrected chi connectivity index (χ2v) is 4.71. The summed E-state index contributed by atoms with van der Waals surface area (Å²) in [6.07, 6.45) is 8.76. The third-order valence-corrected chi connectivity index (χ3v) is 3.35. The molecule has 0 spiro atoms. The zero-order valence-electron chi connectivity index (χ0n) is 12.1. The molecule has 0 unspecified atom stereocenters. The Bertz CT molecular complexity index is 476. The van der Waals surface area contributed by atoms with Gasteiger partial charge in [0.25, 0.3) is 0 Å². The van der Waals surface area contributed by atoms with E-state index in [-0.39, 0.29) is 0 Å². The second kappa shape index (κ2) is 7.32. The number of hydrogen-bond acceptors (Lipinski definition) is 2. The zero-order chi connectivity index (χ0) is 14.4. The maximum absolute atomic E-state index is 9.56. The van der Waals surface area contributed by atoms with Crippen LogP contribution in [-0.2, 0) is 6.42 Å². The average molecular weight is 258 g/mol. The predicted octanol–water partition coefficient (Wildman–Crippen LogP) is 2.69. The Morgan fingerprint density at radius 3 is 2.47 bits per heavy atom. The molecule has 0 saturated carbocycles. The molecule has 0 fully saturated rings. The van der Waals surface area contributed by atoms with Crippen molar-refractivity contribution in [1.29, 1.82) is 0 Å². The lowest BCUT2D eigenvalue weighted by Gasteiger charge is -2.17. The van der Waals surface area contributed by atoms with Crippen molar-refractivity contribution in [3.63, 3.8) is 0 Å². The van der Waals surface area contributed by atoms with Crippen molar-refractivity contribution in [2.24, 2.45) is 0 Å². The average Bonchev–Trinajstić information content (AvgIpc) is 2.39. The molecule has 0 saturated heterocycles. The van der Waals surface area contributed by atoms with Crippen LogP contribution < -0.4 is 5.46 Å². The van der Waals surface area contributed by atoms with Crippen molar-refractivity contribution in [2.75, 3.05) is 0 Å². The normalized spacial score (nSPS) is 11.0. The van der Waals surface area contributed by atoms with Crippen molar-refractivity contribution in [2.45, 2.75) is 40.0 Å². The lowest BCUT2D eigenvalue weighted by molar-refractivity contribution is 0.425. The third-order valence-electron chi connectivity index (χ3n) is 3.35. The van der Waals surface area contributed by atoms with Gasteiger partial charge < -0.3 is 10.0 Å². The zero-order valence-corrected chi connectivity index (χ0v) is 12.1. The summed E-state index contributed by atoms with van der Waals surface area (Å²) in [6.45, 7) is 10.1. The fourth-order valence-electron chi connectivity index (χ4n) is 2.36. The minimum Gasteiger partial charge on any atom is -0.423 e. The molecule has 0 amide bonds. The Labute approximate surface area is 116 Å². The molecule has 0 aliphatic carbocycles. The van der Waals surface area contributed by atoms with Gasteiger partial charge in [-0.3, -0.25) is 0 Å². The largest absolute Gasteiger partial charge is 0.489 e. The molecular weight excluding hydrogens is 235 g/mol. The molecule has 0 radical (unpaired) electrons. The van der Waals surface area contributed by atoms with Gasteiger partial charge in [-0.15, -0.1) is 0 Å². The summed E-state index contributed by atoms with van der Waals surface area (Å²) in [5, 5.41) is 19.1. The topological polar surface area (TPSA) is 40.5 Å². The van der Waals surface area contributed by atoms with E-state index in [4.69, 9.17) is 0 Å². The molecule has 0 aliphatic rings. The molecule has 0 aromatic heterocycles. The molecule has 19 heavy (non-hydrogen) atoms. The smallest absolute Gasteiger partial charge is 0.423 e. The molecular formula is C16H23BO2. The summed E-state index contributed by atoms with van der Waals surface area (Å²) in [4.78, 5) is 0. The van der Waals surface area contributed by atoms with E-state index in [2.05, 4.69) is 20.4 Å². The van der Waals surface area contributed by atoms with Crippen LogP contribution in [0.3, 0.4) is 0 Å². The van der Waals surface area contributed by atoms with E-state index in [0.29, 0.717) is 5.46 Å². The molecule has 0 atom stereocenters. The van der Waals surface area contributed by atoms with Crippen LogP contribution in [0, 0.1) is 6.92 Å². The monoisotopic (exact) mass is 258 g/mol. The van der Waals surface area contributed by atoms with Crippen molar-refractivity contribution in [1.82, 2.24) is 0 Å². The highest BCUT2D eigenvalue weighted by molar-refractivity contribution is 6.59. The first-order valence-electron chi connectivity index (χ1n) is 6.88. The fourth-order valence-corrected chi connectivity index (χ4v) is 2.36. The van der Waals surface area contributed by atoms with E-state index in [1.165, 1.54) is 5.56 Å². The van der Waals surface area contributed by atoms with Crippen LogP contribution >= 0.6 is 0 Å². The maximum Gasteiger partial charge on any atom is 0.489 e. The van der Waals surface area contributed by atoms with Crippen molar-refractivity contribution in [3.8, 4) is 0 Å². The summed E-state index contributed by atoms with van der Waals surface area (Å²) in [5.74, 6) is 0. The van der Waals surface area contributed by atoms with E-state index < -0.39 is 7.12 Å². The van der Waals surface area contributed by atoms with Gasteiger partial charge in [0, 0.05) is 0 Å². The Morgan fingerprint density at radius 2 is 2.00 bits per heavy atom. The molecule has 102 valence electrons. The van der Waals surface area contributed by atoms with Crippen LogP contribution in [0.5, 0.6) is 0 Å². The first-order valence-corrected chi connectivity index (χ1v) is 6.88. The lowest BCUT2D eigenvalue weighted by atomic mass is 9.73. The van der Waals surface area contributed by atoms with Gasteiger partial charge in [0.2, 0.25) is 0 Å².